The topological polar surface area (TPSA) is 76.1 Å². The van der Waals surface area contributed by atoms with Gasteiger partial charge in [-0.3, -0.25) is 0 Å². The van der Waals surface area contributed by atoms with Crippen LogP contribution in [0.5, 0.6) is 0 Å². The maximum Gasteiger partial charge on any atom is 0.407 e. The Labute approximate surface area is 118 Å². The van der Waals surface area contributed by atoms with Crippen molar-refractivity contribution in [3.05, 3.63) is 18.2 Å². The zero-order chi connectivity index (χ0) is 15.0. The van der Waals surface area contributed by atoms with Crippen LogP contribution in [-0.4, -0.2) is 35.3 Å². The van der Waals surface area contributed by atoms with Gasteiger partial charge in [0.15, 0.2) is 5.82 Å². The monoisotopic (exact) mass is 284 g/mol. The van der Waals surface area contributed by atoms with E-state index >= 15 is 0 Å². The van der Waals surface area contributed by atoms with E-state index in [0.29, 0.717) is 25.0 Å². The van der Waals surface area contributed by atoms with E-state index in [4.69, 9.17) is 4.74 Å². The first-order valence-electron chi connectivity index (χ1n) is 6.66. The van der Waals surface area contributed by atoms with Crippen molar-refractivity contribution in [3.63, 3.8) is 0 Å². The Kier molecular flexibility index (Phi) is 6.69. The number of hydrogen-bond acceptors (Lipinski definition) is 5. The summed E-state index contributed by atoms with van der Waals surface area (Å²) in [6, 6.07) is -0.109. The Bertz CT molecular complexity index is 411. The molecule has 0 fully saturated rings. The number of carbonyl (C=O) groups excluding carboxylic acids is 1. The van der Waals surface area contributed by atoms with Crippen LogP contribution in [0.2, 0.25) is 0 Å². The van der Waals surface area contributed by atoms with Gasteiger partial charge in [0.1, 0.15) is 0 Å². The van der Waals surface area contributed by atoms with Gasteiger partial charge in [0.2, 0.25) is 5.95 Å². The molecule has 2 N–H and O–H groups in total. The summed E-state index contributed by atoms with van der Waals surface area (Å²) in [4.78, 5) is 19.1. The van der Waals surface area contributed by atoms with Crippen LogP contribution in [0.25, 0.3) is 0 Å². The minimum atomic E-state index is -0.487. The van der Waals surface area contributed by atoms with Crippen LogP contribution in [0.15, 0.2) is 12.4 Å². The zero-order valence-corrected chi connectivity index (χ0v) is 12.0. The van der Waals surface area contributed by atoms with Gasteiger partial charge in [-0.05, 0) is 19.3 Å². The van der Waals surface area contributed by atoms with Gasteiger partial charge < -0.3 is 15.4 Å². The standard InChI is InChI=1S/C13H21FN4O2/c1-4-20-13(19)18-11(5-9(2)3)8-17-12-15-6-10(14)7-16-12/h6-7,9,11H,4-5,8H2,1-3H3,(H,18,19)(H,15,16,17). The lowest BCUT2D eigenvalue weighted by Gasteiger charge is -2.20. The molecule has 1 atom stereocenters. The number of nitrogens with one attached hydrogen (secondary N) is 2. The molecular formula is C13H21FN4O2. The van der Waals surface area contributed by atoms with Crippen molar-refractivity contribution in [1.82, 2.24) is 15.3 Å². The summed E-state index contributed by atoms with van der Waals surface area (Å²) >= 11 is 0. The molecule has 0 aliphatic carbocycles. The Hall–Kier alpha value is -1.92. The molecule has 0 aliphatic rings. The van der Waals surface area contributed by atoms with Crippen molar-refractivity contribution < 1.29 is 13.9 Å². The molecule has 0 radical (unpaired) electrons. The van der Waals surface area contributed by atoms with Gasteiger partial charge >= 0.3 is 6.09 Å². The van der Waals surface area contributed by atoms with Crippen LogP contribution in [0.1, 0.15) is 27.2 Å². The maximum absolute atomic E-state index is 12.7. The first kappa shape index (κ1) is 16.1. The normalized spacial score (nSPS) is 12.1. The van der Waals surface area contributed by atoms with E-state index in [0.717, 1.165) is 18.8 Å². The second-order valence-electron chi connectivity index (χ2n) is 4.80. The summed E-state index contributed by atoms with van der Waals surface area (Å²) in [6.07, 6.45) is 2.52. The molecule has 0 aromatic carbocycles. The molecule has 0 bridgehead atoms. The van der Waals surface area contributed by atoms with Crippen molar-refractivity contribution in [1.29, 1.82) is 0 Å². The SMILES string of the molecule is CCOC(=O)NC(CNc1ncc(F)cn1)CC(C)C. The van der Waals surface area contributed by atoms with E-state index in [1.807, 2.05) is 0 Å². The number of hydrogen-bond donors (Lipinski definition) is 2. The molecule has 1 rings (SSSR count). The highest BCUT2D eigenvalue weighted by Crippen LogP contribution is 2.06. The number of carbonyl (C=O) groups is 1. The molecule has 1 amide bonds. The lowest BCUT2D eigenvalue weighted by molar-refractivity contribution is 0.147. The number of anilines is 1. The third-order valence-electron chi connectivity index (χ3n) is 2.48. The Balaban J connectivity index is 2.51. The van der Waals surface area contributed by atoms with Gasteiger partial charge in [-0.2, -0.15) is 0 Å². The van der Waals surface area contributed by atoms with Crippen LogP contribution < -0.4 is 10.6 Å². The van der Waals surface area contributed by atoms with Crippen LogP contribution in [0.3, 0.4) is 0 Å². The van der Waals surface area contributed by atoms with Crippen molar-refractivity contribution in [2.24, 2.45) is 5.92 Å². The smallest absolute Gasteiger partial charge is 0.407 e. The summed E-state index contributed by atoms with van der Waals surface area (Å²) in [7, 11) is 0. The fraction of sp³-hybridized carbons (Fsp3) is 0.615. The summed E-state index contributed by atoms with van der Waals surface area (Å²) < 4.78 is 17.6. The van der Waals surface area contributed by atoms with Crippen molar-refractivity contribution in [3.8, 4) is 0 Å². The molecule has 7 heteroatoms. The van der Waals surface area contributed by atoms with E-state index < -0.39 is 11.9 Å². The van der Waals surface area contributed by atoms with E-state index in [9.17, 15) is 9.18 Å². The summed E-state index contributed by atoms with van der Waals surface area (Å²) in [5.41, 5.74) is 0. The fourth-order valence-corrected chi connectivity index (χ4v) is 1.72. The van der Waals surface area contributed by atoms with E-state index in [2.05, 4.69) is 34.4 Å². The van der Waals surface area contributed by atoms with Gasteiger partial charge in [-0.25, -0.2) is 19.2 Å². The molecule has 20 heavy (non-hydrogen) atoms. The molecule has 1 unspecified atom stereocenters. The average molecular weight is 284 g/mol. The second kappa shape index (κ2) is 8.29. The molecule has 0 saturated heterocycles. The lowest BCUT2D eigenvalue weighted by Crippen LogP contribution is -2.41. The van der Waals surface area contributed by atoms with E-state index in [-0.39, 0.29) is 6.04 Å². The van der Waals surface area contributed by atoms with Gasteiger partial charge in [0, 0.05) is 12.6 Å². The Morgan fingerprint density at radius 1 is 1.40 bits per heavy atom. The first-order chi connectivity index (χ1) is 9.51. The molecule has 6 nitrogen and oxygen atoms in total. The second-order valence-corrected chi connectivity index (χ2v) is 4.80. The summed E-state index contributed by atoms with van der Waals surface area (Å²) in [6.45, 7) is 6.65. The molecular weight excluding hydrogens is 263 g/mol. The van der Waals surface area contributed by atoms with E-state index in [1.165, 1.54) is 0 Å². The number of ether oxygens (including phenoxy) is 1. The third kappa shape index (κ3) is 6.31. The van der Waals surface area contributed by atoms with Crippen molar-refractivity contribution in [2.45, 2.75) is 33.2 Å². The quantitative estimate of drug-likeness (QED) is 0.802. The Morgan fingerprint density at radius 2 is 2.05 bits per heavy atom. The van der Waals surface area contributed by atoms with Crippen LogP contribution in [0, 0.1) is 11.7 Å². The predicted molar refractivity (Wildman–Crippen MR) is 73.9 cm³/mol. The summed E-state index contributed by atoms with van der Waals surface area (Å²) in [5, 5.41) is 5.74. The van der Waals surface area contributed by atoms with Crippen LogP contribution in [0.4, 0.5) is 15.1 Å². The number of halogens is 1. The molecule has 1 heterocycles. The average Bonchev–Trinajstić information content (AvgIpc) is 2.37. The lowest BCUT2D eigenvalue weighted by atomic mass is 10.0. The van der Waals surface area contributed by atoms with Crippen LogP contribution in [-0.2, 0) is 4.74 Å². The van der Waals surface area contributed by atoms with E-state index in [1.54, 1.807) is 6.92 Å². The van der Waals surface area contributed by atoms with Crippen molar-refractivity contribution >= 4 is 12.0 Å². The highest BCUT2D eigenvalue weighted by molar-refractivity contribution is 5.67. The molecule has 0 aliphatic heterocycles. The number of aromatic nitrogens is 2. The van der Waals surface area contributed by atoms with Crippen LogP contribution >= 0.6 is 0 Å². The number of amides is 1. The predicted octanol–water partition coefficient (Wildman–Crippen LogP) is 2.19. The van der Waals surface area contributed by atoms with Crippen molar-refractivity contribution in [2.75, 3.05) is 18.5 Å². The zero-order valence-electron chi connectivity index (χ0n) is 12.0. The third-order valence-corrected chi connectivity index (χ3v) is 2.48. The molecule has 1 aromatic rings. The number of alkyl carbamates (subject to hydrolysis) is 1. The highest BCUT2D eigenvalue weighted by atomic mass is 19.1. The molecule has 0 spiro atoms. The number of rotatable bonds is 7. The summed E-state index contributed by atoms with van der Waals surface area (Å²) in [5.74, 6) is 0.252. The maximum atomic E-state index is 12.7. The minimum absolute atomic E-state index is 0.109. The van der Waals surface area contributed by atoms with Gasteiger partial charge in [0.25, 0.3) is 0 Å². The van der Waals surface area contributed by atoms with Gasteiger partial charge in [-0.1, -0.05) is 13.8 Å². The fourth-order valence-electron chi connectivity index (χ4n) is 1.72. The largest absolute Gasteiger partial charge is 0.450 e. The molecule has 1 aromatic heterocycles. The number of nitrogens with zero attached hydrogens (tertiary/aromatic N) is 2. The van der Waals surface area contributed by atoms with Gasteiger partial charge in [0.05, 0.1) is 19.0 Å². The molecule has 0 saturated carbocycles. The first-order valence-corrected chi connectivity index (χ1v) is 6.66. The molecule has 112 valence electrons. The van der Waals surface area contributed by atoms with Gasteiger partial charge in [-0.15, -0.1) is 0 Å². The Morgan fingerprint density at radius 3 is 2.60 bits per heavy atom. The highest BCUT2D eigenvalue weighted by Gasteiger charge is 2.15. The minimum Gasteiger partial charge on any atom is -0.450 e.